The van der Waals surface area contributed by atoms with E-state index in [1.54, 1.807) is 11.8 Å². The minimum atomic E-state index is -1.04. The van der Waals surface area contributed by atoms with Crippen molar-refractivity contribution in [2.45, 2.75) is 45.6 Å². The number of hydrogen-bond acceptors (Lipinski definition) is 5. The molecule has 7 heteroatoms. The van der Waals surface area contributed by atoms with E-state index in [-0.39, 0.29) is 23.8 Å². The molecule has 0 aromatic carbocycles. The Kier molecular flexibility index (Phi) is 4.58. The molecule has 1 aliphatic rings. The Morgan fingerprint density at radius 3 is 2.68 bits per heavy atom. The Morgan fingerprint density at radius 2 is 2.14 bits per heavy atom. The van der Waals surface area contributed by atoms with Gasteiger partial charge in [-0.2, -0.15) is 0 Å². The monoisotopic (exact) mass is 325 g/mol. The third kappa shape index (κ3) is 3.64. The number of nitrogens with zero attached hydrogens (tertiary/aromatic N) is 2. The molecule has 0 saturated carbocycles. The van der Waals surface area contributed by atoms with Crippen LogP contribution in [-0.2, 0) is 19.7 Å². The van der Waals surface area contributed by atoms with Crippen LogP contribution in [-0.4, -0.2) is 47.0 Å². The summed E-state index contributed by atoms with van der Waals surface area (Å²) in [6, 6.07) is 0. The molecule has 122 valence electrons. The molecule has 1 fully saturated rings. The minimum Gasteiger partial charge on any atom is -0.362 e. The molecule has 1 N–H and O–H groups in total. The van der Waals surface area contributed by atoms with Crippen molar-refractivity contribution in [1.82, 2.24) is 9.88 Å². The van der Waals surface area contributed by atoms with Crippen molar-refractivity contribution in [2.75, 3.05) is 25.0 Å². The first-order chi connectivity index (χ1) is 10.1. The second kappa shape index (κ2) is 5.96. The Labute approximate surface area is 134 Å². The molecule has 1 saturated heterocycles. The van der Waals surface area contributed by atoms with E-state index in [0.29, 0.717) is 18.3 Å². The van der Waals surface area contributed by atoms with Gasteiger partial charge in [0, 0.05) is 24.3 Å². The van der Waals surface area contributed by atoms with E-state index in [1.165, 1.54) is 18.3 Å². The maximum Gasteiger partial charge on any atom is 0.259 e. The molecular weight excluding hydrogens is 302 g/mol. The second-order valence-electron chi connectivity index (χ2n) is 6.76. The van der Waals surface area contributed by atoms with Gasteiger partial charge in [-0.1, -0.05) is 20.8 Å². The third-order valence-corrected chi connectivity index (χ3v) is 4.45. The topological polar surface area (TPSA) is 71.5 Å². The summed E-state index contributed by atoms with van der Waals surface area (Å²) in [4.78, 5) is 30.1. The number of thiazole rings is 1. The van der Waals surface area contributed by atoms with Crippen LogP contribution in [0.3, 0.4) is 0 Å². The SMILES string of the molecule is CC(=O)N1CCO[C@@](C)(C(=O)Nc2nc(C(C)(C)C)cs2)C1. The fourth-order valence-corrected chi connectivity index (χ4v) is 3.11. The van der Waals surface area contributed by atoms with Gasteiger partial charge in [0.25, 0.3) is 5.91 Å². The number of rotatable bonds is 2. The summed E-state index contributed by atoms with van der Waals surface area (Å²) >= 11 is 1.40. The summed E-state index contributed by atoms with van der Waals surface area (Å²) in [5, 5.41) is 5.31. The summed E-state index contributed by atoms with van der Waals surface area (Å²) in [5.74, 6) is -0.320. The molecule has 0 aliphatic carbocycles. The number of morpholine rings is 1. The summed E-state index contributed by atoms with van der Waals surface area (Å²) < 4.78 is 5.62. The van der Waals surface area contributed by atoms with Crippen LogP contribution in [0.2, 0.25) is 0 Å². The number of nitrogens with one attached hydrogen (secondary N) is 1. The maximum absolute atomic E-state index is 12.5. The number of carbonyl (C=O) groups excluding carboxylic acids is 2. The van der Waals surface area contributed by atoms with Crippen molar-refractivity contribution >= 4 is 28.3 Å². The molecule has 0 radical (unpaired) electrons. The quantitative estimate of drug-likeness (QED) is 0.903. The fraction of sp³-hybridized carbons (Fsp3) is 0.667. The van der Waals surface area contributed by atoms with Crippen LogP contribution in [0.25, 0.3) is 0 Å². The number of aromatic nitrogens is 1. The van der Waals surface area contributed by atoms with Crippen LogP contribution in [0.15, 0.2) is 5.38 Å². The molecule has 2 heterocycles. The van der Waals surface area contributed by atoms with Gasteiger partial charge in [0.05, 0.1) is 18.8 Å². The van der Waals surface area contributed by atoms with Crippen LogP contribution in [0.4, 0.5) is 5.13 Å². The van der Waals surface area contributed by atoms with E-state index in [2.05, 4.69) is 31.1 Å². The van der Waals surface area contributed by atoms with Crippen molar-refractivity contribution in [3.05, 3.63) is 11.1 Å². The molecule has 1 atom stereocenters. The smallest absolute Gasteiger partial charge is 0.259 e. The summed E-state index contributed by atoms with van der Waals surface area (Å²) in [5.41, 5.74) is -0.166. The Bertz CT molecular complexity index is 579. The lowest BCUT2D eigenvalue weighted by Gasteiger charge is -2.38. The van der Waals surface area contributed by atoms with Gasteiger partial charge in [0.2, 0.25) is 5.91 Å². The number of anilines is 1. The van der Waals surface area contributed by atoms with Gasteiger partial charge in [-0.15, -0.1) is 11.3 Å². The largest absolute Gasteiger partial charge is 0.362 e. The first-order valence-corrected chi connectivity index (χ1v) is 8.17. The number of hydrogen-bond donors (Lipinski definition) is 1. The Morgan fingerprint density at radius 1 is 1.45 bits per heavy atom. The first-order valence-electron chi connectivity index (χ1n) is 7.29. The van der Waals surface area contributed by atoms with E-state index >= 15 is 0 Å². The van der Waals surface area contributed by atoms with Crippen molar-refractivity contribution in [3.63, 3.8) is 0 Å². The molecule has 0 spiro atoms. The molecule has 2 amide bonds. The average molecular weight is 325 g/mol. The van der Waals surface area contributed by atoms with Crippen molar-refractivity contribution in [2.24, 2.45) is 0 Å². The van der Waals surface area contributed by atoms with Crippen LogP contribution >= 0.6 is 11.3 Å². The fourth-order valence-electron chi connectivity index (χ4n) is 2.18. The molecular formula is C15H23N3O3S. The summed E-state index contributed by atoms with van der Waals surface area (Å²) in [6.07, 6.45) is 0. The van der Waals surface area contributed by atoms with Crippen LogP contribution in [0.5, 0.6) is 0 Å². The van der Waals surface area contributed by atoms with Crippen LogP contribution < -0.4 is 5.32 Å². The van der Waals surface area contributed by atoms with Gasteiger partial charge in [-0.3, -0.25) is 14.9 Å². The van der Waals surface area contributed by atoms with Crippen LogP contribution in [0.1, 0.15) is 40.3 Å². The zero-order valence-electron chi connectivity index (χ0n) is 13.7. The van der Waals surface area contributed by atoms with E-state index in [4.69, 9.17) is 4.74 Å². The predicted molar refractivity (Wildman–Crippen MR) is 86.1 cm³/mol. The lowest BCUT2D eigenvalue weighted by atomic mass is 9.93. The van der Waals surface area contributed by atoms with Crippen LogP contribution in [0, 0.1) is 0 Å². The second-order valence-corrected chi connectivity index (χ2v) is 7.62. The molecule has 2 rings (SSSR count). The zero-order valence-corrected chi connectivity index (χ0v) is 14.5. The Hall–Kier alpha value is -1.47. The molecule has 22 heavy (non-hydrogen) atoms. The zero-order chi connectivity index (χ0) is 16.5. The highest BCUT2D eigenvalue weighted by Gasteiger charge is 2.40. The lowest BCUT2D eigenvalue weighted by molar-refractivity contribution is -0.158. The maximum atomic E-state index is 12.5. The van der Waals surface area contributed by atoms with Gasteiger partial charge in [0.1, 0.15) is 0 Å². The van der Waals surface area contributed by atoms with E-state index in [0.717, 1.165) is 5.69 Å². The van der Waals surface area contributed by atoms with Crippen molar-refractivity contribution in [1.29, 1.82) is 0 Å². The highest BCUT2D eigenvalue weighted by molar-refractivity contribution is 7.14. The summed E-state index contributed by atoms with van der Waals surface area (Å²) in [7, 11) is 0. The van der Waals surface area contributed by atoms with Gasteiger partial charge in [0.15, 0.2) is 10.7 Å². The van der Waals surface area contributed by atoms with Crippen molar-refractivity contribution in [3.8, 4) is 0 Å². The minimum absolute atomic E-state index is 0.0495. The van der Waals surface area contributed by atoms with Gasteiger partial charge >= 0.3 is 0 Å². The normalized spacial score (nSPS) is 22.5. The van der Waals surface area contributed by atoms with Gasteiger partial charge in [-0.25, -0.2) is 4.98 Å². The average Bonchev–Trinajstić information content (AvgIpc) is 2.87. The summed E-state index contributed by atoms with van der Waals surface area (Å²) in [6.45, 7) is 10.6. The molecule has 0 bridgehead atoms. The number of carbonyl (C=O) groups is 2. The van der Waals surface area contributed by atoms with E-state index in [9.17, 15) is 9.59 Å². The number of ether oxygens (including phenoxy) is 1. The van der Waals surface area contributed by atoms with Crippen molar-refractivity contribution < 1.29 is 14.3 Å². The first kappa shape index (κ1) is 16.9. The molecule has 6 nitrogen and oxygen atoms in total. The lowest BCUT2D eigenvalue weighted by Crippen LogP contribution is -2.57. The van der Waals surface area contributed by atoms with E-state index in [1.807, 2.05) is 5.38 Å². The molecule has 0 unspecified atom stereocenters. The van der Waals surface area contributed by atoms with E-state index < -0.39 is 5.60 Å². The predicted octanol–water partition coefficient (Wildman–Crippen LogP) is 2.02. The molecule has 1 aromatic heterocycles. The highest BCUT2D eigenvalue weighted by Crippen LogP contribution is 2.27. The molecule has 1 aromatic rings. The molecule has 1 aliphatic heterocycles. The van der Waals surface area contributed by atoms with Gasteiger partial charge in [-0.05, 0) is 6.92 Å². The third-order valence-electron chi connectivity index (χ3n) is 3.69. The highest BCUT2D eigenvalue weighted by atomic mass is 32.1. The Balaban J connectivity index is 2.08. The standard InChI is InChI=1S/C15H23N3O3S/c1-10(19)18-6-7-21-15(5,9-18)12(20)17-13-16-11(8-22-13)14(2,3)4/h8H,6-7,9H2,1-5H3,(H,16,17,20)/t15-/m1/s1. The number of amides is 2. The van der Waals surface area contributed by atoms with Gasteiger partial charge < -0.3 is 9.64 Å².